The molecule has 1 aliphatic rings. The van der Waals surface area contributed by atoms with Crippen molar-refractivity contribution in [3.8, 4) is 0 Å². The first-order valence-corrected chi connectivity index (χ1v) is 10.2. The molecule has 138 valence electrons. The van der Waals surface area contributed by atoms with Gasteiger partial charge in [0.05, 0.1) is 12.2 Å². The minimum atomic E-state index is -0.318. The van der Waals surface area contributed by atoms with Crippen LogP contribution in [0.25, 0.3) is 0 Å². The predicted octanol–water partition coefficient (Wildman–Crippen LogP) is 4.20. The number of ether oxygens (including phenoxy) is 1. The fraction of sp³-hybridized carbons (Fsp3) is 0.611. The largest absolute Gasteiger partial charge is 0.462 e. The van der Waals surface area contributed by atoms with E-state index in [1.54, 1.807) is 18.3 Å². The molecule has 1 heterocycles. The lowest BCUT2D eigenvalue weighted by atomic mass is 9.95. The molecular formula is C18H26N2O3S2. The normalized spacial score (nSPS) is 13.0. The lowest BCUT2D eigenvalue weighted by Crippen LogP contribution is -2.34. The van der Waals surface area contributed by atoms with Crippen molar-refractivity contribution in [1.82, 2.24) is 5.32 Å². The Morgan fingerprint density at radius 3 is 2.68 bits per heavy atom. The second-order valence-corrected chi connectivity index (χ2v) is 7.61. The third kappa shape index (κ3) is 5.51. The van der Waals surface area contributed by atoms with Crippen LogP contribution >= 0.6 is 23.6 Å². The fourth-order valence-corrected chi connectivity index (χ4v) is 4.49. The van der Waals surface area contributed by atoms with Crippen LogP contribution in [-0.4, -0.2) is 23.6 Å². The molecule has 0 radical (unpaired) electrons. The van der Waals surface area contributed by atoms with Gasteiger partial charge in [0.2, 0.25) is 5.91 Å². The minimum absolute atomic E-state index is 0.0926. The van der Waals surface area contributed by atoms with E-state index in [0.717, 1.165) is 50.5 Å². The zero-order valence-electron chi connectivity index (χ0n) is 14.9. The third-order valence-corrected chi connectivity index (χ3v) is 5.55. The number of amides is 1. The van der Waals surface area contributed by atoms with Crippen LogP contribution in [0.2, 0.25) is 0 Å². The first-order chi connectivity index (χ1) is 12.1. The molecule has 0 fully saturated rings. The number of hydrogen-bond donors (Lipinski definition) is 2. The molecule has 0 unspecified atom stereocenters. The smallest absolute Gasteiger partial charge is 0.341 e. The highest BCUT2D eigenvalue weighted by Crippen LogP contribution is 2.38. The number of carbonyl (C=O) groups is 2. The number of esters is 1. The molecule has 1 amide bonds. The van der Waals surface area contributed by atoms with Crippen molar-refractivity contribution in [2.45, 2.75) is 65.2 Å². The van der Waals surface area contributed by atoms with Crippen molar-refractivity contribution in [3.63, 3.8) is 0 Å². The second kappa shape index (κ2) is 9.87. The van der Waals surface area contributed by atoms with E-state index in [1.165, 1.54) is 4.88 Å². The van der Waals surface area contributed by atoms with Gasteiger partial charge in [0.1, 0.15) is 5.00 Å². The number of unbranched alkanes of at least 4 members (excludes halogenated alkanes) is 2. The summed E-state index contributed by atoms with van der Waals surface area (Å²) in [5, 5.41) is 6.67. The highest BCUT2D eigenvalue weighted by Gasteiger charge is 2.26. The van der Waals surface area contributed by atoms with Crippen LogP contribution in [-0.2, 0) is 22.4 Å². The average molecular weight is 383 g/mol. The minimum Gasteiger partial charge on any atom is -0.462 e. The van der Waals surface area contributed by atoms with E-state index >= 15 is 0 Å². The van der Waals surface area contributed by atoms with Gasteiger partial charge in [-0.25, -0.2) is 4.79 Å². The summed E-state index contributed by atoms with van der Waals surface area (Å²) in [5.41, 5.74) is 1.67. The van der Waals surface area contributed by atoms with Crippen LogP contribution in [0.1, 0.15) is 73.2 Å². The summed E-state index contributed by atoms with van der Waals surface area (Å²) in [4.78, 5) is 25.5. The SMILES string of the molecule is CCCCCC(=O)NC(=S)Nc1sc2c(c1C(=O)OCC)CCCC2. The quantitative estimate of drug-likeness (QED) is 0.420. The maximum absolute atomic E-state index is 12.4. The summed E-state index contributed by atoms with van der Waals surface area (Å²) >= 11 is 6.80. The Morgan fingerprint density at radius 2 is 1.96 bits per heavy atom. The summed E-state index contributed by atoms with van der Waals surface area (Å²) in [6, 6.07) is 0. The van der Waals surface area contributed by atoms with Crippen LogP contribution in [0.3, 0.4) is 0 Å². The van der Waals surface area contributed by atoms with Gasteiger partial charge in [-0.05, 0) is 56.8 Å². The Morgan fingerprint density at radius 1 is 1.20 bits per heavy atom. The van der Waals surface area contributed by atoms with Crippen LogP contribution in [0.4, 0.5) is 5.00 Å². The highest BCUT2D eigenvalue weighted by molar-refractivity contribution is 7.80. The third-order valence-electron chi connectivity index (χ3n) is 4.14. The van der Waals surface area contributed by atoms with Gasteiger partial charge in [-0.3, -0.25) is 4.79 Å². The predicted molar refractivity (Wildman–Crippen MR) is 105 cm³/mol. The number of anilines is 1. The summed E-state index contributed by atoms with van der Waals surface area (Å²) < 4.78 is 5.22. The number of carbonyl (C=O) groups excluding carboxylic acids is 2. The van der Waals surface area contributed by atoms with E-state index in [1.807, 2.05) is 0 Å². The van der Waals surface area contributed by atoms with Gasteiger partial charge in [-0.15, -0.1) is 11.3 Å². The number of hydrogen-bond acceptors (Lipinski definition) is 5. The molecule has 0 saturated heterocycles. The number of nitrogens with one attached hydrogen (secondary N) is 2. The molecule has 0 aromatic carbocycles. The van der Waals surface area contributed by atoms with Gasteiger partial charge < -0.3 is 15.4 Å². The van der Waals surface area contributed by atoms with Crippen LogP contribution in [0.15, 0.2) is 0 Å². The van der Waals surface area contributed by atoms with Gasteiger partial charge in [0.15, 0.2) is 5.11 Å². The van der Waals surface area contributed by atoms with Gasteiger partial charge in [-0.2, -0.15) is 0 Å². The Labute approximate surface area is 158 Å². The number of fused-ring (bicyclic) bond motifs is 1. The van der Waals surface area contributed by atoms with Crippen LogP contribution in [0.5, 0.6) is 0 Å². The summed E-state index contributed by atoms with van der Waals surface area (Å²) in [5.74, 6) is -0.411. The zero-order valence-corrected chi connectivity index (χ0v) is 16.5. The summed E-state index contributed by atoms with van der Waals surface area (Å²) in [7, 11) is 0. The van der Waals surface area contributed by atoms with E-state index in [9.17, 15) is 9.59 Å². The molecule has 0 aliphatic heterocycles. The fourth-order valence-electron chi connectivity index (χ4n) is 2.93. The first kappa shape index (κ1) is 19.8. The molecule has 25 heavy (non-hydrogen) atoms. The lowest BCUT2D eigenvalue weighted by Gasteiger charge is -2.13. The second-order valence-electron chi connectivity index (χ2n) is 6.09. The standard InChI is InChI=1S/C18H26N2O3S2/c1-3-5-6-11-14(21)19-18(24)20-16-15(17(22)23-4-2)12-9-7-8-10-13(12)25-16/h3-11H2,1-2H3,(H2,19,20,21,24). The average Bonchev–Trinajstić information content (AvgIpc) is 2.92. The molecule has 2 rings (SSSR count). The topological polar surface area (TPSA) is 67.4 Å². The Kier molecular flexibility index (Phi) is 7.84. The monoisotopic (exact) mass is 382 g/mol. The maximum atomic E-state index is 12.4. The molecule has 1 aliphatic carbocycles. The first-order valence-electron chi connectivity index (χ1n) is 8.99. The molecule has 1 aromatic heterocycles. The van der Waals surface area contributed by atoms with Gasteiger partial charge >= 0.3 is 5.97 Å². The summed E-state index contributed by atoms with van der Waals surface area (Å²) in [6.45, 7) is 4.23. The Hall–Kier alpha value is -1.47. The van der Waals surface area contributed by atoms with Crippen molar-refractivity contribution < 1.29 is 14.3 Å². The number of thiocarbonyl (C=S) groups is 1. The van der Waals surface area contributed by atoms with Crippen molar-refractivity contribution >= 4 is 45.5 Å². The molecule has 7 heteroatoms. The molecular weight excluding hydrogens is 356 g/mol. The van der Waals surface area contributed by atoms with Crippen LogP contribution in [0, 0.1) is 0 Å². The van der Waals surface area contributed by atoms with E-state index in [-0.39, 0.29) is 17.0 Å². The van der Waals surface area contributed by atoms with Crippen molar-refractivity contribution in [2.75, 3.05) is 11.9 Å². The Balaban J connectivity index is 2.07. The summed E-state index contributed by atoms with van der Waals surface area (Å²) in [6.07, 6.45) is 7.48. The number of thiophene rings is 1. The zero-order chi connectivity index (χ0) is 18.2. The highest BCUT2D eigenvalue weighted by atomic mass is 32.1. The van der Waals surface area contributed by atoms with E-state index in [2.05, 4.69) is 17.6 Å². The Bertz CT molecular complexity index is 641. The lowest BCUT2D eigenvalue weighted by molar-refractivity contribution is -0.119. The van der Waals surface area contributed by atoms with Gasteiger partial charge in [-0.1, -0.05) is 19.8 Å². The number of rotatable bonds is 7. The number of aryl methyl sites for hydroxylation is 1. The van der Waals surface area contributed by atoms with E-state index in [4.69, 9.17) is 17.0 Å². The van der Waals surface area contributed by atoms with Crippen molar-refractivity contribution in [1.29, 1.82) is 0 Å². The van der Waals surface area contributed by atoms with Crippen molar-refractivity contribution in [3.05, 3.63) is 16.0 Å². The molecule has 2 N–H and O–H groups in total. The maximum Gasteiger partial charge on any atom is 0.341 e. The van der Waals surface area contributed by atoms with E-state index in [0.29, 0.717) is 23.6 Å². The van der Waals surface area contributed by atoms with Crippen LogP contribution < -0.4 is 10.6 Å². The molecule has 0 saturated carbocycles. The van der Waals surface area contributed by atoms with Gasteiger partial charge in [0.25, 0.3) is 0 Å². The van der Waals surface area contributed by atoms with E-state index < -0.39 is 0 Å². The molecule has 0 spiro atoms. The molecule has 1 aromatic rings. The molecule has 0 atom stereocenters. The molecule has 0 bridgehead atoms. The van der Waals surface area contributed by atoms with Gasteiger partial charge in [0, 0.05) is 11.3 Å². The molecule has 5 nitrogen and oxygen atoms in total. The van der Waals surface area contributed by atoms with Crippen molar-refractivity contribution in [2.24, 2.45) is 0 Å².